The fraction of sp³-hybridized carbons (Fsp3) is 0.0833. The average Bonchev–Trinajstić information content (AvgIpc) is 2.63. The van der Waals surface area contributed by atoms with Gasteiger partial charge in [0.2, 0.25) is 0 Å². The highest BCUT2D eigenvalue weighted by molar-refractivity contribution is 7.10. The zero-order valence-corrected chi connectivity index (χ0v) is 8.79. The van der Waals surface area contributed by atoms with Crippen molar-refractivity contribution in [2.45, 2.75) is 6.92 Å². The summed E-state index contributed by atoms with van der Waals surface area (Å²) in [6, 6.07) is 10.2. The predicted octanol–water partition coefficient (Wildman–Crippen LogP) is 3.62. The minimum absolute atomic E-state index is 1.06. The maximum absolute atomic E-state index is 4.36. The van der Waals surface area contributed by atoms with E-state index in [4.69, 9.17) is 0 Å². The first-order valence-electron chi connectivity index (χ1n) is 4.50. The Bertz CT molecular complexity index is 429. The van der Waals surface area contributed by atoms with Gasteiger partial charge in [0.05, 0.1) is 0 Å². The minimum Gasteiger partial charge on any atom is -0.242 e. The van der Waals surface area contributed by atoms with E-state index in [0.29, 0.717) is 0 Å². The molecule has 0 spiro atoms. The topological polar surface area (TPSA) is 12.9 Å². The molecule has 2 aromatic rings. The highest BCUT2D eigenvalue weighted by Crippen LogP contribution is 2.12. The van der Waals surface area contributed by atoms with Gasteiger partial charge in [-0.05, 0) is 18.6 Å². The zero-order valence-electron chi connectivity index (χ0n) is 7.97. The van der Waals surface area contributed by atoms with Gasteiger partial charge in [0, 0.05) is 11.1 Å². The molecule has 0 amide bonds. The van der Waals surface area contributed by atoms with Crippen molar-refractivity contribution in [3.63, 3.8) is 0 Å². The van der Waals surface area contributed by atoms with Gasteiger partial charge < -0.3 is 0 Å². The van der Waals surface area contributed by atoms with Crippen LogP contribution in [0.4, 0.5) is 0 Å². The van der Waals surface area contributed by atoms with Crippen molar-refractivity contribution in [2.24, 2.45) is 0 Å². The first kappa shape index (κ1) is 9.16. The largest absolute Gasteiger partial charge is 0.242 e. The van der Waals surface area contributed by atoms with Gasteiger partial charge in [-0.1, -0.05) is 36.4 Å². The summed E-state index contributed by atoms with van der Waals surface area (Å²) in [5.74, 6) is 0. The van der Waals surface area contributed by atoms with Crippen LogP contribution in [0.3, 0.4) is 0 Å². The minimum atomic E-state index is 1.06. The standard InChI is InChI=1S/C12H11NS/c1-10-9-14-12(13-10)8-7-11-5-3-2-4-6-11/h2-9H,1H3/b8-7-. The maximum Gasteiger partial charge on any atom is 0.116 e. The fourth-order valence-corrected chi connectivity index (χ4v) is 1.87. The molecule has 0 aliphatic heterocycles. The first-order valence-corrected chi connectivity index (χ1v) is 5.38. The molecule has 70 valence electrons. The molecule has 0 saturated carbocycles. The summed E-state index contributed by atoms with van der Waals surface area (Å²) >= 11 is 1.67. The van der Waals surface area contributed by atoms with E-state index in [9.17, 15) is 0 Å². The van der Waals surface area contributed by atoms with Crippen LogP contribution in [0.2, 0.25) is 0 Å². The highest BCUT2D eigenvalue weighted by Gasteiger charge is 1.92. The van der Waals surface area contributed by atoms with Crippen LogP contribution in [-0.4, -0.2) is 4.98 Å². The van der Waals surface area contributed by atoms with E-state index in [-0.39, 0.29) is 0 Å². The Morgan fingerprint density at radius 2 is 1.93 bits per heavy atom. The molecule has 0 aliphatic rings. The number of hydrogen-bond donors (Lipinski definition) is 0. The van der Waals surface area contributed by atoms with Crippen molar-refractivity contribution in [1.29, 1.82) is 0 Å². The van der Waals surface area contributed by atoms with E-state index in [2.05, 4.69) is 28.6 Å². The maximum atomic E-state index is 4.36. The second-order valence-corrected chi connectivity index (χ2v) is 3.96. The van der Waals surface area contributed by atoms with Crippen LogP contribution in [0, 0.1) is 6.92 Å². The summed E-state index contributed by atoms with van der Waals surface area (Å²) in [4.78, 5) is 4.36. The second kappa shape index (κ2) is 4.20. The Labute approximate surface area is 87.8 Å². The molecule has 1 aromatic carbocycles. The van der Waals surface area contributed by atoms with Gasteiger partial charge in [-0.3, -0.25) is 0 Å². The van der Waals surface area contributed by atoms with Gasteiger partial charge in [-0.25, -0.2) is 4.98 Å². The average molecular weight is 201 g/mol. The molecule has 0 atom stereocenters. The molecule has 1 aromatic heterocycles. The normalized spacial score (nSPS) is 10.9. The number of hydrogen-bond acceptors (Lipinski definition) is 2. The zero-order chi connectivity index (χ0) is 9.80. The SMILES string of the molecule is Cc1csc(/C=C\c2ccccc2)n1. The van der Waals surface area contributed by atoms with E-state index >= 15 is 0 Å². The molecule has 2 rings (SSSR count). The third-order valence-electron chi connectivity index (χ3n) is 1.85. The van der Waals surface area contributed by atoms with Gasteiger partial charge in [0.25, 0.3) is 0 Å². The Morgan fingerprint density at radius 3 is 2.57 bits per heavy atom. The quantitative estimate of drug-likeness (QED) is 0.723. The molecule has 0 N–H and O–H groups in total. The smallest absolute Gasteiger partial charge is 0.116 e. The first-order chi connectivity index (χ1) is 6.84. The van der Waals surface area contributed by atoms with E-state index in [1.54, 1.807) is 11.3 Å². The van der Waals surface area contributed by atoms with Gasteiger partial charge in [-0.15, -0.1) is 11.3 Å². The van der Waals surface area contributed by atoms with Crippen molar-refractivity contribution >= 4 is 23.5 Å². The molecule has 14 heavy (non-hydrogen) atoms. The molecule has 0 aliphatic carbocycles. The summed E-state index contributed by atoms with van der Waals surface area (Å²) < 4.78 is 0. The van der Waals surface area contributed by atoms with Crippen molar-refractivity contribution in [3.8, 4) is 0 Å². The number of aryl methyl sites for hydroxylation is 1. The van der Waals surface area contributed by atoms with Crippen LogP contribution in [-0.2, 0) is 0 Å². The van der Waals surface area contributed by atoms with Crippen LogP contribution < -0.4 is 0 Å². The van der Waals surface area contributed by atoms with Gasteiger partial charge in [0.1, 0.15) is 5.01 Å². The molecule has 1 nitrogen and oxygen atoms in total. The number of thiazole rings is 1. The second-order valence-electron chi connectivity index (χ2n) is 3.07. The van der Waals surface area contributed by atoms with Crippen LogP contribution in [0.15, 0.2) is 35.7 Å². The lowest BCUT2D eigenvalue weighted by molar-refractivity contribution is 1.25. The molecular formula is C12H11NS. The lowest BCUT2D eigenvalue weighted by Crippen LogP contribution is -1.71. The Morgan fingerprint density at radius 1 is 1.14 bits per heavy atom. The summed E-state index contributed by atoms with van der Waals surface area (Å²) in [6.07, 6.45) is 4.13. The third-order valence-corrected chi connectivity index (χ3v) is 2.78. The highest BCUT2D eigenvalue weighted by atomic mass is 32.1. The molecule has 0 radical (unpaired) electrons. The number of aromatic nitrogens is 1. The van der Waals surface area contributed by atoms with Gasteiger partial charge in [0.15, 0.2) is 0 Å². The summed E-state index contributed by atoms with van der Waals surface area (Å²) in [6.45, 7) is 2.01. The van der Waals surface area contributed by atoms with Crippen molar-refractivity contribution in [1.82, 2.24) is 4.98 Å². The molecular weight excluding hydrogens is 190 g/mol. The molecule has 1 heterocycles. The lowest BCUT2D eigenvalue weighted by Gasteiger charge is -1.89. The lowest BCUT2D eigenvalue weighted by atomic mass is 10.2. The van der Waals surface area contributed by atoms with E-state index in [1.807, 2.05) is 31.2 Å². The van der Waals surface area contributed by atoms with Crippen LogP contribution >= 0.6 is 11.3 Å². The summed E-state index contributed by atoms with van der Waals surface area (Å²) in [7, 11) is 0. The van der Waals surface area contributed by atoms with Crippen LogP contribution in [0.1, 0.15) is 16.3 Å². The van der Waals surface area contributed by atoms with Crippen molar-refractivity contribution in [3.05, 3.63) is 52.0 Å². The van der Waals surface area contributed by atoms with E-state index in [1.165, 1.54) is 5.56 Å². The van der Waals surface area contributed by atoms with Crippen LogP contribution in [0.25, 0.3) is 12.2 Å². The van der Waals surface area contributed by atoms with Crippen molar-refractivity contribution < 1.29 is 0 Å². The number of benzene rings is 1. The molecule has 0 fully saturated rings. The van der Waals surface area contributed by atoms with Crippen LogP contribution in [0.5, 0.6) is 0 Å². The van der Waals surface area contributed by atoms with Gasteiger partial charge in [-0.2, -0.15) is 0 Å². The monoisotopic (exact) mass is 201 g/mol. The molecule has 0 saturated heterocycles. The van der Waals surface area contributed by atoms with Gasteiger partial charge >= 0.3 is 0 Å². The van der Waals surface area contributed by atoms with Crippen molar-refractivity contribution in [2.75, 3.05) is 0 Å². The Kier molecular flexibility index (Phi) is 2.75. The summed E-state index contributed by atoms with van der Waals surface area (Å²) in [5, 5.41) is 3.12. The third kappa shape index (κ3) is 2.30. The van der Waals surface area contributed by atoms with E-state index < -0.39 is 0 Å². The fourth-order valence-electron chi connectivity index (χ4n) is 1.18. The Hall–Kier alpha value is -1.41. The molecule has 0 unspecified atom stereocenters. The molecule has 2 heteroatoms. The number of nitrogens with zero attached hydrogens (tertiary/aromatic N) is 1. The number of rotatable bonds is 2. The predicted molar refractivity (Wildman–Crippen MR) is 62.2 cm³/mol. The molecule has 0 bridgehead atoms. The van der Waals surface area contributed by atoms with E-state index in [0.717, 1.165) is 10.7 Å². The Balaban J connectivity index is 2.15. The summed E-state index contributed by atoms with van der Waals surface area (Å²) in [5.41, 5.74) is 2.29.